The van der Waals surface area contributed by atoms with Gasteiger partial charge in [-0.25, -0.2) is 4.39 Å². The molecule has 4 nitrogen and oxygen atoms in total. The number of nitrogens with zero attached hydrogens (tertiary/aromatic N) is 1. The highest BCUT2D eigenvalue weighted by molar-refractivity contribution is 6.20. The fourth-order valence-electron chi connectivity index (χ4n) is 4.42. The second kappa shape index (κ2) is 6.57. The molecule has 2 fully saturated rings. The number of hydrogen-bond acceptors (Lipinski definition) is 3. The smallest absolute Gasteiger partial charge is 0.235 e. The summed E-state index contributed by atoms with van der Waals surface area (Å²) >= 11 is 0. The van der Waals surface area contributed by atoms with Gasteiger partial charge in [0.25, 0.3) is 0 Å². The summed E-state index contributed by atoms with van der Waals surface area (Å²) < 4.78 is 18.8. The molecule has 0 aliphatic carbocycles. The normalized spacial score (nSPS) is 19.1. The van der Waals surface area contributed by atoms with Crippen molar-refractivity contribution in [2.75, 3.05) is 18.1 Å². The predicted octanol–water partition coefficient (Wildman–Crippen LogP) is 3.96. The van der Waals surface area contributed by atoms with Gasteiger partial charge in [0.1, 0.15) is 11.4 Å². The Bertz CT molecular complexity index is 914. The molecule has 0 bridgehead atoms. The van der Waals surface area contributed by atoms with Crippen LogP contribution in [0.4, 0.5) is 10.1 Å². The topological polar surface area (TPSA) is 46.6 Å². The van der Waals surface area contributed by atoms with E-state index < -0.39 is 5.54 Å². The molecule has 27 heavy (non-hydrogen) atoms. The molecule has 5 heteroatoms. The lowest BCUT2D eigenvalue weighted by atomic mass is 9.84. The van der Waals surface area contributed by atoms with Crippen LogP contribution in [0.2, 0.25) is 0 Å². The Labute approximate surface area is 157 Å². The van der Waals surface area contributed by atoms with Gasteiger partial charge in [0.15, 0.2) is 5.78 Å². The van der Waals surface area contributed by atoms with Crippen molar-refractivity contribution in [1.29, 1.82) is 0 Å². The van der Waals surface area contributed by atoms with Crippen molar-refractivity contribution < 1.29 is 18.7 Å². The van der Waals surface area contributed by atoms with Gasteiger partial charge in [0.05, 0.1) is 12.1 Å². The van der Waals surface area contributed by atoms with Crippen LogP contribution in [0.5, 0.6) is 0 Å². The number of anilines is 1. The van der Waals surface area contributed by atoms with E-state index in [-0.39, 0.29) is 23.9 Å². The molecule has 0 radical (unpaired) electrons. The van der Waals surface area contributed by atoms with Crippen LogP contribution < -0.4 is 4.90 Å². The molecule has 0 unspecified atom stereocenters. The van der Waals surface area contributed by atoms with Crippen molar-refractivity contribution in [3.05, 3.63) is 53.3 Å². The first kappa shape index (κ1) is 17.9. The van der Waals surface area contributed by atoms with Gasteiger partial charge in [-0.3, -0.25) is 14.5 Å². The van der Waals surface area contributed by atoms with Crippen molar-refractivity contribution in [2.45, 2.75) is 38.6 Å². The van der Waals surface area contributed by atoms with E-state index in [1.54, 1.807) is 17.0 Å². The van der Waals surface area contributed by atoms with Gasteiger partial charge < -0.3 is 4.74 Å². The van der Waals surface area contributed by atoms with E-state index in [1.807, 2.05) is 26.0 Å². The number of ether oxygens (including phenoxy) is 1. The molecule has 2 aliphatic rings. The molecule has 140 valence electrons. The van der Waals surface area contributed by atoms with Gasteiger partial charge in [-0.05, 0) is 48.2 Å². The lowest BCUT2D eigenvalue weighted by molar-refractivity contribution is -0.125. The molecule has 2 saturated heterocycles. The van der Waals surface area contributed by atoms with Crippen LogP contribution in [0.1, 0.15) is 30.4 Å². The highest BCUT2D eigenvalue weighted by Crippen LogP contribution is 2.44. The Morgan fingerprint density at radius 3 is 2.33 bits per heavy atom. The largest absolute Gasteiger partial charge is 0.381 e. The molecular formula is C22H22FNO3. The monoisotopic (exact) mass is 367 g/mol. The summed E-state index contributed by atoms with van der Waals surface area (Å²) in [7, 11) is 0. The molecule has 4 rings (SSSR count). The number of carbonyl (C=O) groups excluding carboxylic acids is 2. The SMILES string of the molecule is Cc1ccc(-c2ccc(F)cc2)c(C)c1N1C(=O)CC(=O)C12CCOCC2. The third-order valence-electron chi connectivity index (χ3n) is 5.84. The lowest BCUT2D eigenvalue weighted by Crippen LogP contribution is -2.54. The minimum atomic E-state index is -0.799. The zero-order valence-electron chi connectivity index (χ0n) is 15.5. The summed E-state index contributed by atoms with van der Waals surface area (Å²) in [6.45, 7) is 4.88. The van der Waals surface area contributed by atoms with Crippen molar-refractivity contribution in [3.8, 4) is 11.1 Å². The summed E-state index contributed by atoms with van der Waals surface area (Å²) in [5.41, 5.74) is 3.70. The molecule has 2 aliphatic heterocycles. The van der Waals surface area contributed by atoms with Gasteiger partial charge in [-0.15, -0.1) is 0 Å². The quantitative estimate of drug-likeness (QED) is 0.755. The molecular weight excluding hydrogens is 345 g/mol. The number of amides is 1. The molecule has 2 aromatic carbocycles. The molecule has 0 saturated carbocycles. The maximum Gasteiger partial charge on any atom is 0.235 e. The van der Waals surface area contributed by atoms with Crippen LogP contribution in [-0.4, -0.2) is 30.4 Å². The summed E-state index contributed by atoms with van der Waals surface area (Å²) in [5.74, 6) is -0.448. The maximum atomic E-state index is 13.3. The first-order chi connectivity index (χ1) is 12.9. The van der Waals surface area contributed by atoms with Crippen LogP contribution in [0, 0.1) is 19.7 Å². The number of hydrogen-bond donors (Lipinski definition) is 0. The van der Waals surface area contributed by atoms with Crippen LogP contribution in [0.25, 0.3) is 11.1 Å². The average molecular weight is 367 g/mol. The Hall–Kier alpha value is -2.53. The summed E-state index contributed by atoms with van der Waals surface area (Å²) in [6, 6.07) is 10.3. The standard InChI is InChI=1S/C22H22FNO3/c1-14-3-8-18(16-4-6-17(23)7-5-16)15(2)21(14)24-20(26)13-19(25)22(24)9-11-27-12-10-22/h3-8H,9-13H2,1-2H3. The lowest BCUT2D eigenvalue weighted by Gasteiger charge is -2.41. The Balaban J connectivity index is 1.87. The van der Waals surface area contributed by atoms with Gasteiger partial charge in [0, 0.05) is 26.1 Å². The van der Waals surface area contributed by atoms with Crippen molar-refractivity contribution in [1.82, 2.24) is 0 Å². The highest BCUT2D eigenvalue weighted by Gasteiger charge is 2.54. The van der Waals surface area contributed by atoms with Crippen LogP contribution >= 0.6 is 0 Å². The van der Waals surface area contributed by atoms with Crippen LogP contribution in [-0.2, 0) is 14.3 Å². The van der Waals surface area contributed by atoms with Crippen molar-refractivity contribution >= 4 is 17.4 Å². The van der Waals surface area contributed by atoms with Gasteiger partial charge in [-0.2, -0.15) is 0 Å². The molecule has 1 spiro atoms. The summed E-state index contributed by atoms with van der Waals surface area (Å²) in [5, 5.41) is 0. The Morgan fingerprint density at radius 2 is 1.67 bits per heavy atom. The minimum absolute atomic E-state index is 0.0122. The Morgan fingerprint density at radius 1 is 1.00 bits per heavy atom. The molecule has 0 aromatic heterocycles. The number of aryl methyl sites for hydroxylation is 1. The zero-order chi connectivity index (χ0) is 19.2. The first-order valence-electron chi connectivity index (χ1n) is 9.24. The highest BCUT2D eigenvalue weighted by atomic mass is 19.1. The third-order valence-corrected chi connectivity index (χ3v) is 5.84. The zero-order valence-corrected chi connectivity index (χ0v) is 15.5. The molecule has 0 atom stereocenters. The van der Waals surface area contributed by atoms with Crippen LogP contribution in [0.3, 0.4) is 0 Å². The fourth-order valence-corrected chi connectivity index (χ4v) is 4.42. The van der Waals surface area contributed by atoms with Gasteiger partial charge in [0.2, 0.25) is 5.91 Å². The number of benzene rings is 2. The molecule has 2 aromatic rings. The van der Waals surface area contributed by atoms with E-state index in [1.165, 1.54) is 12.1 Å². The second-order valence-corrected chi connectivity index (χ2v) is 7.38. The number of carbonyl (C=O) groups is 2. The fraction of sp³-hybridized carbons (Fsp3) is 0.364. The van der Waals surface area contributed by atoms with Gasteiger partial charge >= 0.3 is 0 Å². The van der Waals surface area contributed by atoms with Crippen molar-refractivity contribution in [2.24, 2.45) is 0 Å². The third kappa shape index (κ3) is 2.77. The molecule has 0 N–H and O–H groups in total. The van der Waals surface area contributed by atoms with E-state index in [2.05, 4.69) is 0 Å². The molecule has 1 amide bonds. The number of ketones is 1. The van der Waals surface area contributed by atoms with Crippen molar-refractivity contribution in [3.63, 3.8) is 0 Å². The molecule has 2 heterocycles. The number of rotatable bonds is 2. The van der Waals surface area contributed by atoms with E-state index in [4.69, 9.17) is 4.74 Å². The van der Waals surface area contributed by atoms with E-state index in [0.717, 1.165) is 27.9 Å². The average Bonchev–Trinajstić information content (AvgIpc) is 2.88. The van der Waals surface area contributed by atoms with E-state index in [0.29, 0.717) is 26.1 Å². The van der Waals surface area contributed by atoms with Crippen LogP contribution in [0.15, 0.2) is 36.4 Å². The van der Waals surface area contributed by atoms with E-state index in [9.17, 15) is 14.0 Å². The number of halogens is 1. The predicted molar refractivity (Wildman–Crippen MR) is 101 cm³/mol. The van der Waals surface area contributed by atoms with Gasteiger partial charge in [-0.1, -0.05) is 24.3 Å². The maximum absolute atomic E-state index is 13.3. The summed E-state index contributed by atoms with van der Waals surface area (Å²) in [6.07, 6.45) is 0.994. The van der Waals surface area contributed by atoms with E-state index >= 15 is 0 Å². The summed E-state index contributed by atoms with van der Waals surface area (Å²) in [4.78, 5) is 27.4. The Kier molecular flexibility index (Phi) is 4.35. The first-order valence-corrected chi connectivity index (χ1v) is 9.24. The minimum Gasteiger partial charge on any atom is -0.381 e. The second-order valence-electron chi connectivity index (χ2n) is 7.38. The number of Topliss-reactive ketones (excluding diaryl/α,β-unsaturated/α-hetero) is 1.